The standard InChI is InChI=1S/C14H21BFNO2/c1-17(14-5-3-2-4-6-14)10-11-7-12(15(18)19)9-13(16)8-11/h7-9,14,18-19H,2-6,10H2,1H3. The lowest BCUT2D eigenvalue weighted by molar-refractivity contribution is 0.184. The van der Waals surface area contributed by atoms with Crippen molar-refractivity contribution in [1.82, 2.24) is 4.90 Å². The zero-order valence-electron chi connectivity index (χ0n) is 11.3. The van der Waals surface area contributed by atoms with Gasteiger partial charge in [-0.2, -0.15) is 0 Å². The number of rotatable bonds is 4. The third kappa shape index (κ3) is 4.03. The SMILES string of the molecule is CN(Cc1cc(F)cc(B(O)O)c1)C1CCCCC1. The first-order valence-electron chi connectivity index (χ1n) is 6.92. The van der Waals surface area contributed by atoms with Crippen LogP contribution in [0.1, 0.15) is 37.7 Å². The molecule has 0 saturated heterocycles. The van der Waals surface area contributed by atoms with Crippen LogP contribution in [0.3, 0.4) is 0 Å². The molecule has 2 rings (SSSR count). The molecule has 1 fully saturated rings. The van der Waals surface area contributed by atoms with Crippen LogP contribution in [0.2, 0.25) is 0 Å². The van der Waals surface area contributed by atoms with Crippen molar-refractivity contribution in [1.29, 1.82) is 0 Å². The summed E-state index contributed by atoms with van der Waals surface area (Å²) in [5.74, 6) is -0.419. The molecule has 0 aromatic heterocycles. The van der Waals surface area contributed by atoms with Crippen LogP contribution in [-0.2, 0) is 6.54 Å². The maximum absolute atomic E-state index is 13.4. The average molecular weight is 265 g/mol. The molecule has 104 valence electrons. The molecule has 0 spiro atoms. The van der Waals surface area contributed by atoms with Crippen molar-refractivity contribution in [2.45, 2.75) is 44.7 Å². The first-order valence-corrected chi connectivity index (χ1v) is 6.92. The van der Waals surface area contributed by atoms with Crippen LogP contribution in [0.4, 0.5) is 4.39 Å². The zero-order valence-corrected chi connectivity index (χ0v) is 11.3. The van der Waals surface area contributed by atoms with E-state index in [9.17, 15) is 4.39 Å². The zero-order chi connectivity index (χ0) is 13.8. The summed E-state index contributed by atoms with van der Waals surface area (Å²) in [4.78, 5) is 2.24. The van der Waals surface area contributed by atoms with Crippen molar-refractivity contribution in [3.8, 4) is 0 Å². The first kappa shape index (κ1) is 14.5. The van der Waals surface area contributed by atoms with Crippen LogP contribution < -0.4 is 5.46 Å². The van der Waals surface area contributed by atoms with Crippen molar-refractivity contribution in [3.05, 3.63) is 29.6 Å². The highest BCUT2D eigenvalue weighted by molar-refractivity contribution is 6.58. The Morgan fingerprint density at radius 3 is 2.53 bits per heavy atom. The molecule has 0 aliphatic heterocycles. The molecule has 1 aliphatic carbocycles. The van der Waals surface area contributed by atoms with E-state index in [1.165, 1.54) is 38.2 Å². The molecule has 3 nitrogen and oxygen atoms in total. The molecule has 0 radical (unpaired) electrons. The van der Waals surface area contributed by atoms with Gasteiger partial charge in [-0.05, 0) is 43.0 Å². The Morgan fingerprint density at radius 2 is 1.89 bits per heavy atom. The number of nitrogens with zero attached hydrogens (tertiary/aromatic N) is 1. The minimum atomic E-state index is -1.62. The van der Waals surface area contributed by atoms with E-state index in [0.717, 1.165) is 11.6 Å². The summed E-state index contributed by atoms with van der Waals surface area (Å²) < 4.78 is 13.4. The predicted octanol–water partition coefficient (Wildman–Crippen LogP) is 1.27. The molecule has 19 heavy (non-hydrogen) atoms. The van der Waals surface area contributed by atoms with Crippen LogP contribution in [-0.4, -0.2) is 35.2 Å². The first-order chi connectivity index (χ1) is 9.06. The minimum absolute atomic E-state index is 0.215. The summed E-state index contributed by atoms with van der Waals surface area (Å²) in [5, 5.41) is 18.3. The monoisotopic (exact) mass is 265 g/mol. The molecular formula is C14H21BFNO2. The average Bonchev–Trinajstić information content (AvgIpc) is 2.39. The molecule has 0 atom stereocenters. The van der Waals surface area contributed by atoms with E-state index >= 15 is 0 Å². The van der Waals surface area contributed by atoms with Gasteiger partial charge in [0.1, 0.15) is 5.82 Å². The summed E-state index contributed by atoms with van der Waals surface area (Å²) in [6, 6.07) is 4.84. The molecule has 0 heterocycles. The molecule has 0 bridgehead atoms. The second-order valence-corrected chi connectivity index (χ2v) is 5.47. The number of benzene rings is 1. The second-order valence-electron chi connectivity index (χ2n) is 5.47. The van der Waals surface area contributed by atoms with E-state index in [4.69, 9.17) is 10.0 Å². The smallest absolute Gasteiger partial charge is 0.423 e. The Balaban J connectivity index is 2.05. The molecule has 2 N–H and O–H groups in total. The van der Waals surface area contributed by atoms with E-state index in [2.05, 4.69) is 11.9 Å². The van der Waals surface area contributed by atoms with Crippen LogP contribution >= 0.6 is 0 Å². The summed E-state index contributed by atoms with van der Waals surface area (Å²) in [6.45, 7) is 0.641. The van der Waals surface area contributed by atoms with E-state index in [1.54, 1.807) is 6.07 Å². The Kier molecular flexibility index (Phi) is 4.96. The van der Waals surface area contributed by atoms with Gasteiger partial charge in [-0.25, -0.2) is 4.39 Å². The second kappa shape index (κ2) is 6.50. The quantitative estimate of drug-likeness (QED) is 0.806. The third-order valence-electron chi connectivity index (χ3n) is 3.91. The predicted molar refractivity (Wildman–Crippen MR) is 74.6 cm³/mol. The van der Waals surface area contributed by atoms with Gasteiger partial charge in [0, 0.05) is 12.6 Å². The molecule has 1 aliphatic rings. The summed E-state index contributed by atoms with van der Waals surface area (Å²) in [6.07, 6.45) is 6.23. The summed E-state index contributed by atoms with van der Waals surface area (Å²) in [7, 11) is 0.435. The molecule has 5 heteroatoms. The van der Waals surface area contributed by atoms with E-state index in [1.807, 2.05) is 0 Å². The van der Waals surface area contributed by atoms with Gasteiger partial charge in [-0.15, -0.1) is 0 Å². The third-order valence-corrected chi connectivity index (χ3v) is 3.91. The Hall–Kier alpha value is -0.905. The highest BCUT2D eigenvalue weighted by Crippen LogP contribution is 2.22. The van der Waals surface area contributed by atoms with E-state index < -0.39 is 12.9 Å². The van der Waals surface area contributed by atoms with Gasteiger partial charge in [-0.3, -0.25) is 4.90 Å². The van der Waals surface area contributed by atoms with Gasteiger partial charge in [0.15, 0.2) is 0 Å². The van der Waals surface area contributed by atoms with Gasteiger partial charge in [0.25, 0.3) is 0 Å². The Bertz CT molecular complexity index is 422. The van der Waals surface area contributed by atoms with Crippen molar-refractivity contribution in [2.24, 2.45) is 0 Å². The maximum atomic E-state index is 13.4. The highest BCUT2D eigenvalue weighted by Gasteiger charge is 2.19. The fourth-order valence-electron chi connectivity index (χ4n) is 2.85. The molecule has 1 aromatic carbocycles. The van der Waals surface area contributed by atoms with Crippen LogP contribution in [0.5, 0.6) is 0 Å². The molecule has 1 aromatic rings. The van der Waals surface area contributed by atoms with Gasteiger partial charge in [0.2, 0.25) is 0 Å². The summed E-state index contributed by atoms with van der Waals surface area (Å²) in [5.41, 5.74) is 1.00. The molecule has 0 amide bonds. The lowest BCUT2D eigenvalue weighted by atomic mass is 9.79. The normalized spacial score (nSPS) is 16.9. The van der Waals surface area contributed by atoms with Crippen molar-refractivity contribution in [3.63, 3.8) is 0 Å². The van der Waals surface area contributed by atoms with Crippen LogP contribution in [0.15, 0.2) is 18.2 Å². The van der Waals surface area contributed by atoms with Crippen molar-refractivity contribution < 1.29 is 14.4 Å². The van der Waals surface area contributed by atoms with Crippen molar-refractivity contribution >= 4 is 12.6 Å². The van der Waals surface area contributed by atoms with Gasteiger partial charge in [-0.1, -0.05) is 25.3 Å². The lowest BCUT2D eigenvalue weighted by Gasteiger charge is -2.31. The minimum Gasteiger partial charge on any atom is -0.423 e. The topological polar surface area (TPSA) is 43.7 Å². The lowest BCUT2D eigenvalue weighted by Crippen LogP contribution is -2.34. The maximum Gasteiger partial charge on any atom is 0.488 e. The van der Waals surface area contributed by atoms with E-state index in [-0.39, 0.29) is 5.46 Å². The van der Waals surface area contributed by atoms with E-state index in [0.29, 0.717) is 12.6 Å². The summed E-state index contributed by atoms with van der Waals surface area (Å²) >= 11 is 0. The van der Waals surface area contributed by atoms with Gasteiger partial charge < -0.3 is 10.0 Å². The fourth-order valence-corrected chi connectivity index (χ4v) is 2.85. The molecule has 0 unspecified atom stereocenters. The van der Waals surface area contributed by atoms with Gasteiger partial charge >= 0.3 is 7.12 Å². The molecular weight excluding hydrogens is 244 g/mol. The number of hydrogen-bond acceptors (Lipinski definition) is 3. The van der Waals surface area contributed by atoms with Crippen molar-refractivity contribution in [2.75, 3.05) is 7.05 Å². The van der Waals surface area contributed by atoms with Gasteiger partial charge in [0.05, 0.1) is 0 Å². The Labute approximate surface area is 114 Å². The largest absolute Gasteiger partial charge is 0.488 e. The molecule has 1 saturated carbocycles. The number of hydrogen-bond donors (Lipinski definition) is 2. The number of halogens is 1. The van der Waals surface area contributed by atoms with Crippen LogP contribution in [0.25, 0.3) is 0 Å². The fraction of sp³-hybridized carbons (Fsp3) is 0.571. The van der Waals surface area contributed by atoms with Crippen LogP contribution in [0, 0.1) is 5.82 Å². The highest BCUT2D eigenvalue weighted by atomic mass is 19.1. The Morgan fingerprint density at radius 1 is 1.21 bits per heavy atom.